The van der Waals surface area contributed by atoms with Gasteiger partial charge >= 0.3 is 12.1 Å². The van der Waals surface area contributed by atoms with Crippen molar-refractivity contribution in [2.45, 2.75) is 147 Å². The van der Waals surface area contributed by atoms with E-state index in [1.165, 1.54) is 44.3 Å². The zero-order valence-corrected chi connectivity index (χ0v) is 29.9. The monoisotopic (exact) mass is 666 g/mol. The number of piperidine rings is 2. The van der Waals surface area contributed by atoms with E-state index in [1.54, 1.807) is 0 Å². The maximum absolute atomic E-state index is 13.3. The molecule has 4 fully saturated rings. The van der Waals surface area contributed by atoms with Crippen molar-refractivity contribution in [2.75, 3.05) is 32.8 Å². The lowest BCUT2D eigenvalue weighted by Crippen LogP contribution is -2.48. The Morgan fingerprint density at radius 3 is 2.35 bits per heavy atom. The van der Waals surface area contributed by atoms with Crippen molar-refractivity contribution >= 4 is 12.1 Å². The van der Waals surface area contributed by atoms with Crippen molar-refractivity contribution in [3.8, 4) is 0 Å². The van der Waals surface area contributed by atoms with Crippen LogP contribution in [0.1, 0.15) is 111 Å². The summed E-state index contributed by atoms with van der Waals surface area (Å²) in [5.41, 5.74) is 1.35. The van der Waals surface area contributed by atoms with E-state index in [4.69, 9.17) is 18.9 Å². The van der Waals surface area contributed by atoms with E-state index < -0.39 is 0 Å². The van der Waals surface area contributed by atoms with E-state index in [0.717, 1.165) is 64.5 Å². The SMILES string of the molecule is C/C=C1\CC2CC(=O)OC(/C=C/C=C\CCOC(=O)N3CCC(N4CCCCC4)CC3)C(C)/C=C/C(C)CC3CCCC(CC(C1)O2)O3. The van der Waals surface area contributed by atoms with Gasteiger partial charge in [0.25, 0.3) is 0 Å². The smallest absolute Gasteiger partial charge is 0.409 e. The van der Waals surface area contributed by atoms with Crippen LogP contribution < -0.4 is 0 Å². The minimum Gasteiger partial charge on any atom is -0.457 e. The first-order valence-corrected chi connectivity index (χ1v) is 19.2. The second-order valence-electron chi connectivity index (χ2n) is 14.9. The predicted octanol–water partition coefficient (Wildman–Crippen LogP) is 7.93. The number of amides is 1. The molecule has 0 aromatic rings. The lowest BCUT2D eigenvalue weighted by Gasteiger charge is -2.39. The molecule has 5 aliphatic rings. The number of carbonyl (C=O) groups excluding carboxylic acids is 2. The summed E-state index contributed by atoms with van der Waals surface area (Å²) >= 11 is 0. The number of carbonyl (C=O) groups is 2. The Morgan fingerprint density at radius 1 is 0.854 bits per heavy atom. The standard InChI is InChI=1S/C40H62N2O6/c1-4-32-26-36-28-35-14-12-13-34(46-35)25-30(2)16-17-31(3)38(48-39(43)29-37(27-32)47-36)15-8-5-6-11-24-45-40(44)42-22-18-33(19-23-42)41-20-9-7-10-21-41/h4-6,8,15-17,30-31,33-38H,7,9-14,18-29H2,1-3H3/b6-5-,15-8+,17-16+,32-4-. The Labute approximate surface area is 289 Å². The molecule has 1 amide bonds. The molecule has 7 unspecified atom stereocenters. The third kappa shape index (κ3) is 11.6. The van der Waals surface area contributed by atoms with Gasteiger partial charge in [0.05, 0.1) is 37.4 Å². The van der Waals surface area contributed by atoms with E-state index in [-0.39, 0.29) is 54.9 Å². The van der Waals surface area contributed by atoms with Crippen molar-refractivity contribution in [3.05, 3.63) is 48.1 Å². The molecule has 8 heteroatoms. The number of rotatable bonds is 6. The summed E-state index contributed by atoms with van der Waals surface area (Å²) in [6.07, 6.45) is 28.2. The Balaban J connectivity index is 1.11. The molecule has 7 atom stereocenters. The van der Waals surface area contributed by atoms with Gasteiger partial charge in [-0.3, -0.25) is 4.79 Å². The van der Waals surface area contributed by atoms with Crippen molar-refractivity contribution in [2.24, 2.45) is 11.8 Å². The van der Waals surface area contributed by atoms with Crippen molar-refractivity contribution in [1.29, 1.82) is 0 Å². The number of cyclic esters (lactones) is 1. The zero-order chi connectivity index (χ0) is 33.7. The second-order valence-corrected chi connectivity index (χ2v) is 14.9. The molecule has 5 aliphatic heterocycles. The number of likely N-dealkylation sites (tertiary alicyclic amines) is 2. The number of esters is 1. The van der Waals surface area contributed by atoms with Gasteiger partial charge in [-0.25, -0.2) is 4.79 Å². The first kappa shape index (κ1) is 36.9. The van der Waals surface area contributed by atoms with Crippen LogP contribution in [-0.4, -0.2) is 91.2 Å². The van der Waals surface area contributed by atoms with Gasteiger partial charge in [0.15, 0.2) is 0 Å². The molecule has 0 aromatic carbocycles. The third-order valence-electron chi connectivity index (χ3n) is 11.0. The molecule has 4 saturated heterocycles. The van der Waals surface area contributed by atoms with Crippen LogP contribution in [0.3, 0.4) is 0 Å². The summed E-state index contributed by atoms with van der Waals surface area (Å²) in [6.45, 7) is 10.8. The molecule has 5 heterocycles. The van der Waals surface area contributed by atoms with Crippen molar-refractivity contribution < 1.29 is 28.5 Å². The predicted molar refractivity (Wildman–Crippen MR) is 190 cm³/mol. The van der Waals surface area contributed by atoms with E-state index in [2.05, 4.69) is 43.9 Å². The Kier molecular flexibility index (Phi) is 14.7. The Morgan fingerprint density at radius 2 is 1.58 bits per heavy atom. The molecule has 48 heavy (non-hydrogen) atoms. The van der Waals surface area contributed by atoms with Gasteiger partial charge in [-0.15, -0.1) is 0 Å². The van der Waals surface area contributed by atoms with E-state index in [0.29, 0.717) is 25.0 Å². The highest BCUT2D eigenvalue weighted by Crippen LogP contribution is 2.33. The molecule has 0 saturated carbocycles. The highest BCUT2D eigenvalue weighted by Gasteiger charge is 2.33. The molecule has 0 spiro atoms. The van der Waals surface area contributed by atoms with Gasteiger partial charge in [-0.05, 0) is 103 Å². The number of fused-ring (bicyclic) bond motifs is 4. The van der Waals surface area contributed by atoms with Crippen molar-refractivity contribution in [1.82, 2.24) is 9.80 Å². The highest BCUT2D eigenvalue weighted by atomic mass is 16.6. The van der Waals surface area contributed by atoms with E-state index in [1.807, 2.05) is 29.2 Å². The molecule has 8 nitrogen and oxygen atoms in total. The van der Waals surface area contributed by atoms with Crippen LogP contribution in [0.4, 0.5) is 4.79 Å². The van der Waals surface area contributed by atoms with E-state index in [9.17, 15) is 9.59 Å². The third-order valence-corrected chi connectivity index (χ3v) is 11.0. The number of hydrogen-bond donors (Lipinski definition) is 0. The second kappa shape index (κ2) is 19.1. The summed E-state index contributed by atoms with van der Waals surface area (Å²) in [4.78, 5) is 30.4. The number of hydrogen-bond acceptors (Lipinski definition) is 7. The van der Waals surface area contributed by atoms with Crippen LogP contribution >= 0.6 is 0 Å². The first-order valence-electron chi connectivity index (χ1n) is 19.2. The molecule has 0 N–H and O–H groups in total. The van der Waals surface area contributed by atoms with Crippen LogP contribution in [0.25, 0.3) is 0 Å². The quantitative estimate of drug-likeness (QED) is 0.123. The molecule has 0 aliphatic carbocycles. The molecule has 5 rings (SSSR count). The largest absolute Gasteiger partial charge is 0.457 e. The van der Waals surface area contributed by atoms with Crippen molar-refractivity contribution in [3.63, 3.8) is 0 Å². The van der Waals surface area contributed by atoms with E-state index >= 15 is 0 Å². The lowest BCUT2D eigenvalue weighted by molar-refractivity contribution is -0.154. The normalized spacial score (nSPS) is 35.1. The summed E-state index contributed by atoms with van der Waals surface area (Å²) in [6, 6.07) is 0.613. The van der Waals surface area contributed by atoms with Crippen LogP contribution in [0.5, 0.6) is 0 Å². The fourth-order valence-corrected chi connectivity index (χ4v) is 8.18. The summed E-state index contributed by atoms with van der Waals surface area (Å²) in [5, 5.41) is 0. The molecule has 0 radical (unpaired) electrons. The van der Waals surface area contributed by atoms with Crippen LogP contribution in [0.15, 0.2) is 48.1 Å². The van der Waals surface area contributed by atoms with Gasteiger partial charge in [-0.1, -0.05) is 62.3 Å². The Bertz CT molecular complexity index is 1130. The summed E-state index contributed by atoms with van der Waals surface area (Å²) < 4.78 is 24.7. The zero-order valence-electron chi connectivity index (χ0n) is 29.9. The number of nitrogens with zero attached hydrogens (tertiary/aromatic N) is 2. The average molecular weight is 667 g/mol. The highest BCUT2D eigenvalue weighted by molar-refractivity contribution is 5.70. The van der Waals surface area contributed by atoms with Gasteiger partial charge in [0.2, 0.25) is 0 Å². The van der Waals surface area contributed by atoms with Gasteiger partial charge in [-0.2, -0.15) is 0 Å². The number of ether oxygens (including phenoxy) is 4. The minimum atomic E-state index is -0.389. The van der Waals surface area contributed by atoms with Crippen LogP contribution in [-0.2, 0) is 23.7 Å². The molecular weight excluding hydrogens is 604 g/mol. The summed E-state index contributed by atoms with van der Waals surface area (Å²) in [5.74, 6) is 0.161. The molecule has 4 bridgehead atoms. The maximum atomic E-state index is 13.3. The van der Waals surface area contributed by atoms with Gasteiger partial charge in [0, 0.05) is 31.5 Å². The fraction of sp³-hybridized carbons (Fsp3) is 0.750. The maximum Gasteiger partial charge on any atom is 0.409 e. The molecule has 268 valence electrons. The number of allylic oxidation sites excluding steroid dienone is 4. The van der Waals surface area contributed by atoms with Crippen LogP contribution in [0.2, 0.25) is 0 Å². The average Bonchev–Trinajstić information content (AvgIpc) is 3.09. The summed E-state index contributed by atoms with van der Waals surface area (Å²) in [7, 11) is 0. The Hall–Kier alpha value is -2.42. The van der Waals surface area contributed by atoms with Gasteiger partial charge in [0.1, 0.15) is 6.10 Å². The molecular formula is C40H62N2O6. The van der Waals surface area contributed by atoms with Gasteiger partial charge < -0.3 is 28.7 Å². The first-order chi connectivity index (χ1) is 23.4. The topological polar surface area (TPSA) is 77.5 Å². The lowest BCUT2D eigenvalue weighted by atomic mass is 9.90. The fourth-order valence-electron chi connectivity index (χ4n) is 8.18. The minimum absolute atomic E-state index is 0.0140. The molecule has 0 aromatic heterocycles. The van der Waals surface area contributed by atoms with Crippen LogP contribution in [0, 0.1) is 11.8 Å².